The standard InChI is InChI=1S/C27H26BrN5O4/c1-16(34)32(2)21-9-7-17(8-10-21)26-31-23-15-19(28)14-22(24(23)33(26)11-12-37-3)27(36)30-20-6-4-5-18(13-20)25(29)35/h4-10,13-15H,11-12H2,1-3H3,(H2,29,35)(H,30,36). The third-order valence-corrected chi connectivity index (χ3v) is 6.42. The number of fused-ring (bicyclic) bond motifs is 1. The Balaban J connectivity index is 1.81. The van der Waals surface area contributed by atoms with E-state index < -0.39 is 5.91 Å². The lowest BCUT2D eigenvalue weighted by molar-refractivity contribution is -0.116. The fourth-order valence-electron chi connectivity index (χ4n) is 3.99. The van der Waals surface area contributed by atoms with Crippen molar-refractivity contribution in [2.24, 2.45) is 5.73 Å². The number of aromatic nitrogens is 2. The van der Waals surface area contributed by atoms with Gasteiger partial charge in [0, 0.05) is 54.6 Å². The van der Waals surface area contributed by atoms with Gasteiger partial charge in [0.25, 0.3) is 5.91 Å². The van der Waals surface area contributed by atoms with E-state index in [2.05, 4.69) is 21.2 Å². The summed E-state index contributed by atoms with van der Waals surface area (Å²) >= 11 is 3.50. The fourth-order valence-corrected chi connectivity index (χ4v) is 4.44. The molecular weight excluding hydrogens is 538 g/mol. The molecule has 1 aromatic heterocycles. The molecule has 190 valence electrons. The minimum Gasteiger partial charge on any atom is -0.383 e. The lowest BCUT2D eigenvalue weighted by Crippen LogP contribution is -2.22. The topological polar surface area (TPSA) is 120 Å². The predicted molar refractivity (Wildman–Crippen MR) is 147 cm³/mol. The van der Waals surface area contributed by atoms with Crippen molar-refractivity contribution in [3.63, 3.8) is 0 Å². The molecule has 0 saturated heterocycles. The summed E-state index contributed by atoms with van der Waals surface area (Å²) in [7, 11) is 3.33. The molecule has 0 aliphatic rings. The van der Waals surface area contributed by atoms with Crippen LogP contribution < -0.4 is 16.0 Å². The first kappa shape index (κ1) is 26.1. The summed E-state index contributed by atoms with van der Waals surface area (Å²) in [5, 5.41) is 2.86. The largest absolute Gasteiger partial charge is 0.383 e. The molecule has 3 N–H and O–H groups in total. The van der Waals surface area contributed by atoms with Crippen LogP contribution in [0.25, 0.3) is 22.4 Å². The van der Waals surface area contributed by atoms with Crippen molar-refractivity contribution >= 4 is 56.1 Å². The molecule has 0 saturated carbocycles. The van der Waals surface area contributed by atoms with Crippen LogP contribution in [0, 0.1) is 0 Å². The Hall–Kier alpha value is -4.02. The maximum Gasteiger partial charge on any atom is 0.257 e. The molecule has 0 atom stereocenters. The number of nitrogens with one attached hydrogen (secondary N) is 1. The molecule has 0 aliphatic heterocycles. The molecule has 0 bridgehead atoms. The van der Waals surface area contributed by atoms with E-state index in [0.29, 0.717) is 51.3 Å². The Kier molecular flexibility index (Phi) is 7.70. The molecular formula is C27H26BrN5O4. The molecule has 10 heteroatoms. The number of hydrogen-bond donors (Lipinski definition) is 2. The van der Waals surface area contributed by atoms with E-state index in [4.69, 9.17) is 15.5 Å². The summed E-state index contributed by atoms with van der Waals surface area (Å²) in [4.78, 5) is 43.2. The predicted octanol–water partition coefficient (Wildman–Crippen LogP) is 4.45. The number of imidazole rings is 1. The second kappa shape index (κ2) is 10.9. The Morgan fingerprint density at radius 3 is 2.49 bits per heavy atom. The van der Waals surface area contributed by atoms with Crippen LogP contribution in [0.4, 0.5) is 11.4 Å². The van der Waals surface area contributed by atoms with Crippen molar-refractivity contribution in [2.45, 2.75) is 13.5 Å². The molecule has 1 heterocycles. The molecule has 3 aromatic carbocycles. The molecule has 9 nitrogen and oxygen atoms in total. The molecule has 37 heavy (non-hydrogen) atoms. The van der Waals surface area contributed by atoms with Gasteiger partial charge in [-0.25, -0.2) is 4.98 Å². The van der Waals surface area contributed by atoms with Gasteiger partial charge in [-0.15, -0.1) is 0 Å². The number of anilines is 2. The number of ether oxygens (including phenoxy) is 1. The highest BCUT2D eigenvalue weighted by Crippen LogP contribution is 2.31. The highest BCUT2D eigenvalue weighted by atomic mass is 79.9. The van der Waals surface area contributed by atoms with E-state index in [1.807, 2.05) is 34.9 Å². The van der Waals surface area contributed by atoms with Crippen molar-refractivity contribution in [1.29, 1.82) is 0 Å². The minimum atomic E-state index is -0.580. The number of nitrogens with two attached hydrogens (primary N) is 1. The van der Waals surface area contributed by atoms with Gasteiger partial charge in [-0.05, 0) is 54.6 Å². The minimum absolute atomic E-state index is 0.0676. The lowest BCUT2D eigenvalue weighted by Gasteiger charge is -2.16. The van der Waals surface area contributed by atoms with Crippen LogP contribution >= 0.6 is 15.9 Å². The summed E-state index contributed by atoms with van der Waals surface area (Å²) in [6.45, 7) is 2.37. The molecule has 0 aliphatic carbocycles. The van der Waals surface area contributed by atoms with Gasteiger partial charge in [-0.3, -0.25) is 14.4 Å². The van der Waals surface area contributed by atoms with E-state index in [1.54, 1.807) is 43.3 Å². The smallest absolute Gasteiger partial charge is 0.257 e. The normalized spacial score (nSPS) is 10.9. The highest BCUT2D eigenvalue weighted by Gasteiger charge is 2.21. The zero-order valence-electron chi connectivity index (χ0n) is 20.6. The monoisotopic (exact) mass is 563 g/mol. The van der Waals surface area contributed by atoms with Crippen molar-refractivity contribution in [3.05, 3.63) is 76.3 Å². The Morgan fingerprint density at radius 2 is 1.84 bits per heavy atom. The van der Waals surface area contributed by atoms with Crippen LogP contribution in [0.3, 0.4) is 0 Å². The zero-order chi connectivity index (χ0) is 26.7. The molecule has 0 radical (unpaired) electrons. The van der Waals surface area contributed by atoms with Crippen LogP contribution in [-0.4, -0.2) is 48.0 Å². The zero-order valence-corrected chi connectivity index (χ0v) is 22.2. The average molecular weight is 564 g/mol. The van der Waals surface area contributed by atoms with Gasteiger partial charge in [-0.1, -0.05) is 22.0 Å². The summed E-state index contributed by atoms with van der Waals surface area (Å²) < 4.78 is 7.98. The Labute approximate surface area is 222 Å². The Bertz CT molecular complexity index is 1500. The molecule has 3 amide bonds. The molecule has 0 spiro atoms. The first-order valence-corrected chi connectivity index (χ1v) is 12.2. The summed E-state index contributed by atoms with van der Waals surface area (Å²) in [6, 6.07) is 17.5. The second-order valence-corrected chi connectivity index (χ2v) is 9.34. The first-order chi connectivity index (χ1) is 17.7. The van der Waals surface area contributed by atoms with E-state index in [0.717, 1.165) is 11.3 Å². The van der Waals surface area contributed by atoms with E-state index >= 15 is 0 Å². The van der Waals surface area contributed by atoms with Crippen molar-refractivity contribution in [3.8, 4) is 11.4 Å². The number of hydrogen-bond acceptors (Lipinski definition) is 5. The molecule has 4 rings (SSSR count). The van der Waals surface area contributed by atoms with Gasteiger partial charge < -0.3 is 25.3 Å². The average Bonchev–Trinajstić information content (AvgIpc) is 3.24. The third-order valence-electron chi connectivity index (χ3n) is 5.96. The molecule has 0 unspecified atom stereocenters. The maximum atomic E-state index is 13.5. The lowest BCUT2D eigenvalue weighted by atomic mass is 10.1. The number of carbonyl (C=O) groups is 3. The number of halogens is 1. The quantitative estimate of drug-likeness (QED) is 0.328. The number of carbonyl (C=O) groups excluding carboxylic acids is 3. The Morgan fingerprint density at radius 1 is 1.11 bits per heavy atom. The van der Waals surface area contributed by atoms with Crippen molar-refractivity contribution in [2.75, 3.05) is 31.0 Å². The van der Waals surface area contributed by atoms with Crippen LogP contribution in [0.15, 0.2) is 65.1 Å². The van der Waals surface area contributed by atoms with Gasteiger partial charge in [0.1, 0.15) is 5.82 Å². The number of amides is 3. The fraction of sp³-hybridized carbons (Fsp3) is 0.185. The third kappa shape index (κ3) is 5.55. The van der Waals surface area contributed by atoms with Gasteiger partial charge in [0.15, 0.2) is 0 Å². The second-order valence-electron chi connectivity index (χ2n) is 8.43. The van der Waals surface area contributed by atoms with Crippen LogP contribution in [0.2, 0.25) is 0 Å². The van der Waals surface area contributed by atoms with E-state index in [-0.39, 0.29) is 11.8 Å². The van der Waals surface area contributed by atoms with Gasteiger partial charge in [0.05, 0.1) is 23.2 Å². The molecule has 0 fully saturated rings. The number of methoxy groups -OCH3 is 1. The van der Waals surface area contributed by atoms with Crippen LogP contribution in [0.5, 0.6) is 0 Å². The van der Waals surface area contributed by atoms with Gasteiger partial charge in [-0.2, -0.15) is 0 Å². The molecule has 4 aromatic rings. The van der Waals surface area contributed by atoms with Gasteiger partial charge in [0.2, 0.25) is 11.8 Å². The summed E-state index contributed by atoms with van der Waals surface area (Å²) in [6.07, 6.45) is 0. The van der Waals surface area contributed by atoms with E-state index in [9.17, 15) is 14.4 Å². The number of nitrogens with zero attached hydrogens (tertiary/aromatic N) is 3. The summed E-state index contributed by atoms with van der Waals surface area (Å²) in [5.74, 6) is -0.353. The van der Waals surface area contributed by atoms with Crippen LogP contribution in [-0.2, 0) is 16.1 Å². The van der Waals surface area contributed by atoms with Crippen molar-refractivity contribution in [1.82, 2.24) is 9.55 Å². The van der Waals surface area contributed by atoms with Crippen LogP contribution in [0.1, 0.15) is 27.6 Å². The maximum absolute atomic E-state index is 13.5. The van der Waals surface area contributed by atoms with Crippen molar-refractivity contribution < 1.29 is 19.1 Å². The van der Waals surface area contributed by atoms with Gasteiger partial charge >= 0.3 is 0 Å². The summed E-state index contributed by atoms with van der Waals surface area (Å²) in [5.41, 5.74) is 9.38. The highest BCUT2D eigenvalue weighted by molar-refractivity contribution is 9.10. The number of primary amides is 1. The van der Waals surface area contributed by atoms with E-state index in [1.165, 1.54) is 13.0 Å². The first-order valence-electron chi connectivity index (χ1n) is 11.4. The number of benzene rings is 3. The number of rotatable bonds is 8. The SMILES string of the molecule is COCCn1c(-c2ccc(N(C)C(C)=O)cc2)nc2cc(Br)cc(C(=O)Nc3cccc(C(N)=O)c3)c21.